The Labute approximate surface area is 126 Å². The molecule has 1 heterocycles. The van der Waals surface area contributed by atoms with Gasteiger partial charge < -0.3 is 14.5 Å². The number of halogens is 1. The van der Waals surface area contributed by atoms with Crippen LogP contribution in [-0.4, -0.2) is 25.2 Å². The maximum absolute atomic E-state index is 10.7. The molecule has 21 heavy (non-hydrogen) atoms. The third kappa shape index (κ3) is 4.04. The molecular formula is C14H15ClN2O4. The van der Waals surface area contributed by atoms with Crippen molar-refractivity contribution in [3.8, 4) is 11.3 Å². The standard InChI is InChI=1S/C14H15ClN2O4/c1-20-7-6-16-9-11-3-5-14(21-11)12-4-2-10(17(18)19)8-13(12)15/h2-5,8,16H,6-7,9H2,1H3. The van der Waals surface area contributed by atoms with E-state index in [1.165, 1.54) is 12.1 Å². The second-order valence-corrected chi connectivity index (χ2v) is 4.76. The first kappa shape index (κ1) is 15.5. The number of hydrogen-bond donors (Lipinski definition) is 1. The molecule has 1 N–H and O–H groups in total. The van der Waals surface area contributed by atoms with E-state index in [0.717, 1.165) is 12.3 Å². The lowest BCUT2D eigenvalue weighted by atomic mass is 10.1. The van der Waals surface area contributed by atoms with Gasteiger partial charge in [0, 0.05) is 31.4 Å². The van der Waals surface area contributed by atoms with Crippen LogP contribution in [0.15, 0.2) is 34.7 Å². The van der Waals surface area contributed by atoms with E-state index in [1.54, 1.807) is 19.2 Å². The van der Waals surface area contributed by atoms with Crippen LogP contribution in [0.2, 0.25) is 5.02 Å². The second-order valence-electron chi connectivity index (χ2n) is 4.36. The van der Waals surface area contributed by atoms with Crippen LogP contribution in [0.25, 0.3) is 11.3 Å². The number of methoxy groups -OCH3 is 1. The number of ether oxygens (including phenoxy) is 1. The molecule has 0 atom stereocenters. The lowest BCUT2D eigenvalue weighted by molar-refractivity contribution is -0.384. The molecule has 7 heteroatoms. The number of nitrogens with zero attached hydrogens (tertiary/aromatic N) is 1. The minimum absolute atomic E-state index is 0.0447. The summed E-state index contributed by atoms with van der Waals surface area (Å²) >= 11 is 6.07. The van der Waals surface area contributed by atoms with Crippen LogP contribution in [0.5, 0.6) is 0 Å². The predicted molar refractivity (Wildman–Crippen MR) is 79.4 cm³/mol. The van der Waals surface area contributed by atoms with Gasteiger partial charge in [0.1, 0.15) is 11.5 Å². The fraction of sp³-hybridized carbons (Fsp3) is 0.286. The fourth-order valence-corrected chi connectivity index (χ4v) is 2.09. The van der Waals surface area contributed by atoms with E-state index in [2.05, 4.69) is 5.32 Å². The van der Waals surface area contributed by atoms with Crippen molar-refractivity contribution in [3.63, 3.8) is 0 Å². The summed E-state index contributed by atoms with van der Waals surface area (Å²) in [6.07, 6.45) is 0. The third-order valence-corrected chi connectivity index (χ3v) is 3.19. The lowest BCUT2D eigenvalue weighted by Gasteiger charge is -2.02. The molecule has 0 unspecified atom stereocenters. The van der Waals surface area contributed by atoms with Crippen molar-refractivity contribution in [1.82, 2.24) is 5.32 Å². The highest BCUT2D eigenvalue weighted by Gasteiger charge is 2.13. The molecule has 0 aliphatic heterocycles. The maximum Gasteiger partial charge on any atom is 0.270 e. The normalized spacial score (nSPS) is 10.8. The number of nitrogens with one attached hydrogen (secondary N) is 1. The van der Waals surface area contributed by atoms with Crippen molar-refractivity contribution >= 4 is 17.3 Å². The average molecular weight is 311 g/mol. The number of furan rings is 1. The second kappa shape index (κ2) is 7.21. The summed E-state index contributed by atoms with van der Waals surface area (Å²) in [7, 11) is 1.64. The van der Waals surface area contributed by atoms with Crippen molar-refractivity contribution in [3.05, 3.63) is 51.2 Å². The van der Waals surface area contributed by atoms with Crippen molar-refractivity contribution in [2.24, 2.45) is 0 Å². The van der Waals surface area contributed by atoms with Gasteiger partial charge in [-0.1, -0.05) is 11.6 Å². The molecular weight excluding hydrogens is 296 g/mol. The molecule has 2 rings (SSSR count). The van der Waals surface area contributed by atoms with Crippen molar-refractivity contribution < 1.29 is 14.1 Å². The summed E-state index contributed by atoms with van der Waals surface area (Å²) in [5.41, 5.74) is 0.585. The van der Waals surface area contributed by atoms with Gasteiger partial charge in [-0.3, -0.25) is 10.1 Å². The summed E-state index contributed by atoms with van der Waals surface area (Å²) in [5, 5.41) is 14.1. The first-order valence-corrected chi connectivity index (χ1v) is 6.72. The molecule has 0 fully saturated rings. The van der Waals surface area contributed by atoms with Crippen LogP contribution in [-0.2, 0) is 11.3 Å². The van der Waals surface area contributed by atoms with E-state index < -0.39 is 4.92 Å². The SMILES string of the molecule is COCCNCc1ccc(-c2ccc([N+](=O)[O-])cc2Cl)o1. The fourth-order valence-electron chi connectivity index (χ4n) is 1.82. The zero-order valence-electron chi connectivity index (χ0n) is 11.5. The minimum atomic E-state index is -0.483. The Morgan fingerprint density at radius 3 is 2.86 bits per heavy atom. The Bertz CT molecular complexity index is 627. The zero-order chi connectivity index (χ0) is 15.2. The molecule has 0 saturated carbocycles. The quantitative estimate of drug-likeness (QED) is 0.482. The zero-order valence-corrected chi connectivity index (χ0v) is 12.2. The first-order chi connectivity index (χ1) is 10.1. The number of benzene rings is 1. The van der Waals surface area contributed by atoms with Gasteiger partial charge in [-0.2, -0.15) is 0 Å². The van der Waals surface area contributed by atoms with Gasteiger partial charge in [0.25, 0.3) is 5.69 Å². The monoisotopic (exact) mass is 310 g/mol. The Morgan fingerprint density at radius 2 is 2.19 bits per heavy atom. The van der Waals surface area contributed by atoms with Gasteiger partial charge >= 0.3 is 0 Å². The molecule has 6 nitrogen and oxygen atoms in total. The maximum atomic E-state index is 10.7. The van der Waals surface area contributed by atoms with Gasteiger partial charge in [-0.15, -0.1) is 0 Å². The van der Waals surface area contributed by atoms with Crippen LogP contribution in [0.1, 0.15) is 5.76 Å². The molecule has 0 amide bonds. The van der Waals surface area contributed by atoms with Crippen LogP contribution >= 0.6 is 11.6 Å². The summed E-state index contributed by atoms with van der Waals surface area (Å²) in [6.45, 7) is 1.93. The summed E-state index contributed by atoms with van der Waals surface area (Å²) in [6, 6.07) is 7.94. The average Bonchev–Trinajstić information content (AvgIpc) is 2.92. The lowest BCUT2D eigenvalue weighted by Crippen LogP contribution is -2.18. The Balaban J connectivity index is 2.08. The van der Waals surface area contributed by atoms with E-state index >= 15 is 0 Å². The molecule has 0 spiro atoms. The topological polar surface area (TPSA) is 77.5 Å². The number of nitro benzene ring substituents is 1. The first-order valence-electron chi connectivity index (χ1n) is 6.34. The van der Waals surface area contributed by atoms with Crippen LogP contribution in [0.3, 0.4) is 0 Å². The van der Waals surface area contributed by atoms with E-state index in [-0.39, 0.29) is 10.7 Å². The van der Waals surface area contributed by atoms with Crippen molar-refractivity contribution in [2.45, 2.75) is 6.54 Å². The van der Waals surface area contributed by atoms with Crippen LogP contribution in [0.4, 0.5) is 5.69 Å². The van der Waals surface area contributed by atoms with E-state index in [0.29, 0.717) is 24.5 Å². The van der Waals surface area contributed by atoms with Gasteiger partial charge in [0.05, 0.1) is 23.1 Å². The highest BCUT2D eigenvalue weighted by molar-refractivity contribution is 6.33. The number of rotatable bonds is 7. The minimum Gasteiger partial charge on any atom is -0.460 e. The summed E-state index contributed by atoms with van der Waals surface area (Å²) in [5.74, 6) is 1.34. The molecule has 112 valence electrons. The Hall–Kier alpha value is -1.89. The molecule has 0 aliphatic carbocycles. The third-order valence-electron chi connectivity index (χ3n) is 2.87. The number of non-ortho nitro benzene ring substituents is 1. The van der Waals surface area contributed by atoms with Crippen LogP contribution < -0.4 is 5.32 Å². The molecule has 2 aromatic rings. The predicted octanol–water partition coefficient (Wildman–Crippen LogP) is 3.24. The molecule has 0 aliphatic rings. The largest absolute Gasteiger partial charge is 0.460 e. The molecule has 0 saturated heterocycles. The van der Waals surface area contributed by atoms with Crippen molar-refractivity contribution in [1.29, 1.82) is 0 Å². The van der Waals surface area contributed by atoms with Crippen molar-refractivity contribution in [2.75, 3.05) is 20.3 Å². The van der Waals surface area contributed by atoms with Crippen LogP contribution in [0, 0.1) is 10.1 Å². The van der Waals surface area contributed by atoms with Gasteiger partial charge in [-0.05, 0) is 18.2 Å². The van der Waals surface area contributed by atoms with E-state index in [9.17, 15) is 10.1 Å². The molecule has 1 aromatic carbocycles. The number of nitro groups is 1. The Morgan fingerprint density at radius 1 is 1.38 bits per heavy atom. The smallest absolute Gasteiger partial charge is 0.270 e. The van der Waals surface area contributed by atoms with Gasteiger partial charge in [-0.25, -0.2) is 0 Å². The van der Waals surface area contributed by atoms with Gasteiger partial charge in [0.2, 0.25) is 0 Å². The molecule has 1 aromatic heterocycles. The summed E-state index contributed by atoms with van der Waals surface area (Å²) in [4.78, 5) is 10.2. The van der Waals surface area contributed by atoms with E-state index in [1.807, 2.05) is 6.07 Å². The van der Waals surface area contributed by atoms with E-state index in [4.69, 9.17) is 20.8 Å². The molecule has 0 radical (unpaired) electrons. The van der Waals surface area contributed by atoms with Gasteiger partial charge in [0.15, 0.2) is 0 Å². The highest BCUT2D eigenvalue weighted by Crippen LogP contribution is 2.32. The molecule has 0 bridgehead atoms. The number of hydrogen-bond acceptors (Lipinski definition) is 5. The summed E-state index contributed by atoms with van der Waals surface area (Å²) < 4.78 is 10.6. The highest BCUT2D eigenvalue weighted by atomic mass is 35.5. The Kier molecular flexibility index (Phi) is 5.32.